The summed E-state index contributed by atoms with van der Waals surface area (Å²) in [5.41, 5.74) is 2.40. The smallest absolute Gasteiger partial charge is 0.0597 e. The van der Waals surface area contributed by atoms with Gasteiger partial charge in [0.15, 0.2) is 0 Å². The van der Waals surface area contributed by atoms with Gasteiger partial charge in [-0.15, -0.1) is 0 Å². The second-order valence-corrected chi connectivity index (χ2v) is 6.08. The molecule has 1 aliphatic rings. The van der Waals surface area contributed by atoms with Crippen LogP contribution in [0.3, 0.4) is 0 Å². The van der Waals surface area contributed by atoms with Gasteiger partial charge in [0.05, 0.1) is 11.4 Å². The van der Waals surface area contributed by atoms with E-state index in [9.17, 15) is 0 Å². The fourth-order valence-corrected chi connectivity index (χ4v) is 3.28. The summed E-state index contributed by atoms with van der Waals surface area (Å²) in [5, 5.41) is 8.17. The summed E-state index contributed by atoms with van der Waals surface area (Å²) >= 11 is 0. The van der Waals surface area contributed by atoms with Crippen LogP contribution in [-0.2, 0) is 13.6 Å². The van der Waals surface area contributed by atoms with Crippen molar-refractivity contribution in [2.75, 3.05) is 0 Å². The maximum atomic E-state index is 4.41. The standard InChI is InChI=1S/C15H27N3/c1-11(2)14-7-5-6-8-15(14)16-10-13-9-12(3)17-18(13)4/h9,11,14-16H,5-8,10H2,1-4H3. The predicted octanol–water partition coefficient (Wildman–Crippen LogP) is 3.03. The molecule has 0 aromatic carbocycles. The molecule has 2 atom stereocenters. The van der Waals surface area contributed by atoms with E-state index in [-0.39, 0.29) is 0 Å². The highest BCUT2D eigenvalue weighted by Crippen LogP contribution is 2.30. The van der Waals surface area contributed by atoms with Gasteiger partial charge in [0, 0.05) is 19.6 Å². The van der Waals surface area contributed by atoms with Crippen molar-refractivity contribution in [1.29, 1.82) is 0 Å². The summed E-state index contributed by atoms with van der Waals surface area (Å²) in [6.07, 6.45) is 5.51. The SMILES string of the molecule is Cc1cc(CNC2CCCCC2C(C)C)n(C)n1. The minimum atomic E-state index is 0.689. The van der Waals surface area contributed by atoms with Crippen molar-refractivity contribution in [3.8, 4) is 0 Å². The van der Waals surface area contributed by atoms with Gasteiger partial charge in [-0.1, -0.05) is 26.7 Å². The monoisotopic (exact) mass is 249 g/mol. The van der Waals surface area contributed by atoms with E-state index < -0.39 is 0 Å². The fourth-order valence-electron chi connectivity index (χ4n) is 3.28. The zero-order valence-corrected chi connectivity index (χ0v) is 12.2. The molecule has 1 aromatic rings. The van der Waals surface area contributed by atoms with Crippen LogP contribution in [0.2, 0.25) is 0 Å². The van der Waals surface area contributed by atoms with Crippen LogP contribution in [0.25, 0.3) is 0 Å². The highest BCUT2D eigenvalue weighted by Gasteiger charge is 2.27. The number of nitrogens with one attached hydrogen (secondary N) is 1. The second kappa shape index (κ2) is 5.87. The van der Waals surface area contributed by atoms with E-state index in [0.717, 1.165) is 24.1 Å². The van der Waals surface area contributed by atoms with E-state index in [0.29, 0.717) is 6.04 Å². The van der Waals surface area contributed by atoms with Crippen LogP contribution in [0.4, 0.5) is 0 Å². The van der Waals surface area contributed by atoms with Gasteiger partial charge in [0.1, 0.15) is 0 Å². The minimum absolute atomic E-state index is 0.689. The van der Waals surface area contributed by atoms with Crippen molar-refractivity contribution in [2.45, 2.75) is 59.0 Å². The lowest BCUT2D eigenvalue weighted by atomic mass is 9.78. The number of hydrogen-bond donors (Lipinski definition) is 1. The Morgan fingerprint density at radius 2 is 2.11 bits per heavy atom. The summed E-state index contributed by atoms with van der Waals surface area (Å²) < 4.78 is 2.00. The third-order valence-corrected chi connectivity index (χ3v) is 4.32. The number of hydrogen-bond acceptors (Lipinski definition) is 2. The molecule has 1 fully saturated rings. The maximum Gasteiger partial charge on any atom is 0.0597 e. The third kappa shape index (κ3) is 3.14. The Kier molecular flexibility index (Phi) is 4.44. The summed E-state index contributed by atoms with van der Waals surface area (Å²) in [6, 6.07) is 2.87. The molecule has 1 saturated carbocycles. The van der Waals surface area contributed by atoms with Crippen molar-refractivity contribution in [3.63, 3.8) is 0 Å². The number of nitrogens with zero attached hydrogens (tertiary/aromatic N) is 2. The molecule has 1 N–H and O–H groups in total. The molecular formula is C15H27N3. The molecule has 1 aliphatic carbocycles. The van der Waals surface area contributed by atoms with Gasteiger partial charge in [-0.25, -0.2) is 0 Å². The first-order chi connectivity index (χ1) is 8.58. The van der Waals surface area contributed by atoms with E-state index >= 15 is 0 Å². The zero-order chi connectivity index (χ0) is 13.1. The Balaban J connectivity index is 1.93. The molecule has 2 rings (SSSR count). The molecule has 0 saturated heterocycles. The Morgan fingerprint density at radius 3 is 2.72 bits per heavy atom. The molecule has 3 nitrogen and oxygen atoms in total. The zero-order valence-electron chi connectivity index (χ0n) is 12.2. The summed E-state index contributed by atoms with van der Waals surface area (Å²) in [6.45, 7) is 7.73. The number of aryl methyl sites for hydroxylation is 2. The van der Waals surface area contributed by atoms with Crippen molar-refractivity contribution in [2.24, 2.45) is 18.9 Å². The van der Waals surface area contributed by atoms with E-state index in [1.165, 1.54) is 31.4 Å². The molecule has 0 bridgehead atoms. The minimum Gasteiger partial charge on any atom is -0.308 e. The number of rotatable bonds is 4. The first-order valence-corrected chi connectivity index (χ1v) is 7.31. The lowest BCUT2D eigenvalue weighted by Gasteiger charge is -2.35. The normalized spacial score (nSPS) is 24.7. The van der Waals surface area contributed by atoms with Crippen molar-refractivity contribution >= 4 is 0 Å². The highest BCUT2D eigenvalue weighted by molar-refractivity contribution is 5.08. The molecule has 102 valence electrons. The van der Waals surface area contributed by atoms with E-state index in [1.807, 2.05) is 11.7 Å². The molecule has 0 aliphatic heterocycles. The molecule has 0 amide bonds. The molecule has 18 heavy (non-hydrogen) atoms. The Hall–Kier alpha value is -0.830. The average molecular weight is 249 g/mol. The quantitative estimate of drug-likeness (QED) is 0.889. The van der Waals surface area contributed by atoms with Crippen LogP contribution in [0.1, 0.15) is 50.9 Å². The van der Waals surface area contributed by atoms with Gasteiger partial charge in [-0.2, -0.15) is 5.10 Å². The van der Waals surface area contributed by atoms with E-state index in [2.05, 4.69) is 37.3 Å². The van der Waals surface area contributed by atoms with Gasteiger partial charge in [-0.05, 0) is 37.7 Å². The lowest BCUT2D eigenvalue weighted by Crippen LogP contribution is -2.40. The molecule has 0 spiro atoms. The van der Waals surface area contributed by atoms with Gasteiger partial charge in [0.2, 0.25) is 0 Å². The van der Waals surface area contributed by atoms with Gasteiger partial charge in [-0.3, -0.25) is 4.68 Å². The van der Waals surface area contributed by atoms with Crippen LogP contribution in [0.5, 0.6) is 0 Å². The molecule has 1 heterocycles. The van der Waals surface area contributed by atoms with Gasteiger partial charge >= 0.3 is 0 Å². The first kappa shape index (κ1) is 13.6. The molecule has 0 radical (unpaired) electrons. The summed E-state index contributed by atoms with van der Waals surface area (Å²) in [4.78, 5) is 0. The Morgan fingerprint density at radius 1 is 1.39 bits per heavy atom. The molecule has 3 heteroatoms. The van der Waals surface area contributed by atoms with E-state index in [4.69, 9.17) is 0 Å². The maximum absolute atomic E-state index is 4.41. The van der Waals surface area contributed by atoms with Crippen LogP contribution in [-0.4, -0.2) is 15.8 Å². The second-order valence-electron chi connectivity index (χ2n) is 6.08. The highest BCUT2D eigenvalue weighted by atomic mass is 15.3. The largest absolute Gasteiger partial charge is 0.308 e. The average Bonchev–Trinajstić information content (AvgIpc) is 2.65. The predicted molar refractivity (Wildman–Crippen MR) is 75.4 cm³/mol. The van der Waals surface area contributed by atoms with E-state index in [1.54, 1.807) is 0 Å². The third-order valence-electron chi connectivity index (χ3n) is 4.32. The summed E-state index contributed by atoms with van der Waals surface area (Å²) in [5.74, 6) is 1.63. The van der Waals surface area contributed by atoms with Crippen molar-refractivity contribution in [3.05, 3.63) is 17.5 Å². The first-order valence-electron chi connectivity index (χ1n) is 7.31. The van der Waals surface area contributed by atoms with Gasteiger partial charge < -0.3 is 5.32 Å². The number of aromatic nitrogens is 2. The van der Waals surface area contributed by atoms with Crippen LogP contribution in [0.15, 0.2) is 6.07 Å². The summed E-state index contributed by atoms with van der Waals surface area (Å²) in [7, 11) is 2.03. The lowest BCUT2D eigenvalue weighted by molar-refractivity contribution is 0.203. The van der Waals surface area contributed by atoms with Gasteiger partial charge in [0.25, 0.3) is 0 Å². The van der Waals surface area contributed by atoms with Crippen LogP contribution >= 0.6 is 0 Å². The molecule has 2 unspecified atom stereocenters. The molecular weight excluding hydrogens is 222 g/mol. The van der Waals surface area contributed by atoms with Crippen LogP contribution in [0, 0.1) is 18.8 Å². The molecule has 1 aromatic heterocycles. The topological polar surface area (TPSA) is 29.9 Å². The Bertz CT molecular complexity index is 381. The fraction of sp³-hybridized carbons (Fsp3) is 0.800. The van der Waals surface area contributed by atoms with Crippen LogP contribution < -0.4 is 5.32 Å². The Labute approximate surface area is 111 Å². The van der Waals surface area contributed by atoms with Crippen molar-refractivity contribution < 1.29 is 0 Å². The van der Waals surface area contributed by atoms with Crippen molar-refractivity contribution in [1.82, 2.24) is 15.1 Å².